The first kappa shape index (κ1) is 20.7. The number of nitrogens with zero attached hydrogens (tertiary/aromatic N) is 5. The highest BCUT2D eigenvalue weighted by Gasteiger charge is 2.22. The van der Waals surface area contributed by atoms with Crippen molar-refractivity contribution in [2.75, 3.05) is 36.4 Å². The molecular formula is C21H23N7O2S. The molecule has 0 atom stereocenters. The average molecular weight is 438 g/mol. The summed E-state index contributed by atoms with van der Waals surface area (Å²) in [6, 6.07) is 9.37. The van der Waals surface area contributed by atoms with Gasteiger partial charge in [-0.15, -0.1) is 11.3 Å². The Morgan fingerprint density at radius 1 is 1.06 bits per heavy atom. The Hall–Kier alpha value is -3.53. The van der Waals surface area contributed by atoms with Crippen molar-refractivity contribution in [1.82, 2.24) is 25.2 Å². The van der Waals surface area contributed by atoms with Crippen LogP contribution in [-0.2, 0) is 17.8 Å². The zero-order chi connectivity index (χ0) is 21.5. The molecule has 0 spiro atoms. The van der Waals surface area contributed by atoms with Gasteiger partial charge in [0.15, 0.2) is 5.13 Å². The number of hydrogen-bond acceptors (Lipinski definition) is 7. The highest BCUT2D eigenvalue weighted by atomic mass is 32.1. The van der Waals surface area contributed by atoms with Gasteiger partial charge in [0.25, 0.3) is 0 Å². The first-order chi connectivity index (χ1) is 15.2. The highest BCUT2D eigenvalue weighted by Crippen LogP contribution is 2.18. The Balaban J connectivity index is 1.22. The standard InChI is InChI=1S/C21H23N7O2S/c29-19(24-14-16-4-3-6-22-13-16)12-17-15-31-20(25-17)26-21(30)28-10-8-27(9-11-28)18-5-1-2-7-23-18/h1-7,13,15H,8-12,14H2,(H,24,29)(H,25,26,30). The number of carbonyl (C=O) groups excluding carboxylic acids is 2. The number of anilines is 2. The number of pyridine rings is 2. The Labute approximate surface area is 184 Å². The van der Waals surface area contributed by atoms with Gasteiger partial charge in [-0.1, -0.05) is 12.1 Å². The minimum Gasteiger partial charge on any atom is -0.353 e. The molecule has 4 rings (SSSR count). The maximum Gasteiger partial charge on any atom is 0.323 e. The summed E-state index contributed by atoms with van der Waals surface area (Å²) in [4.78, 5) is 41.4. The molecule has 0 unspecified atom stereocenters. The molecule has 1 fully saturated rings. The summed E-state index contributed by atoms with van der Waals surface area (Å²) < 4.78 is 0. The van der Waals surface area contributed by atoms with Gasteiger partial charge in [-0.3, -0.25) is 15.1 Å². The number of amides is 3. The molecule has 1 saturated heterocycles. The van der Waals surface area contributed by atoms with E-state index in [0.717, 1.165) is 24.5 Å². The van der Waals surface area contributed by atoms with Crippen LogP contribution in [0.3, 0.4) is 0 Å². The van der Waals surface area contributed by atoms with E-state index in [1.807, 2.05) is 30.3 Å². The molecule has 0 saturated carbocycles. The minimum atomic E-state index is -0.178. The monoisotopic (exact) mass is 437 g/mol. The maximum absolute atomic E-state index is 12.6. The van der Waals surface area contributed by atoms with Crippen molar-refractivity contribution in [3.8, 4) is 0 Å². The lowest BCUT2D eigenvalue weighted by Crippen LogP contribution is -2.50. The predicted molar refractivity (Wildman–Crippen MR) is 119 cm³/mol. The fourth-order valence-electron chi connectivity index (χ4n) is 3.23. The normalized spacial score (nSPS) is 13.7. The molecule has 10 heteroatoms. The van der Waals surface area contributed by atoms with Gasteiger partial charge >= 0.3 is 6.03 Å². The molecule has 3 amide bonds. The molecule has 0 radical (unpaired) electrons. The molecule has 31 heavy (non-hydrogen) atoms. The second kappa shape index (κ2) is 9.98. The van der Waals surface area contributed by atoms with Crippen LogP contribution in [0.1, 0.15) is 11.3 Å². The van der Waals surface area contributed by atoms with Gasteiger partial charge in [-0.25, -0.2) is 14.8 Å². The summed E-state index contributed by atoms with van der Waals surface area (Å²) in [5.74, 6) is 0.798. The summed E-state index contributed by atoms with van der Waals surface area (Å²) in [7, 11) is 0. The predicted octanol–water partition coefficient (Wildman–Crippen LogP) is 2.15. The number of rotatable bonds is 6. The topological polar surface area (TPSA) is 103 Å². The van der Waals surface area contributed by atoms with Crippen LogP contribution < -0.4 is 15.5 Å². The number of piperazine rings is 1. The van der Waals surface area contributed by atoms with Gasteiger partial charge < -0.3 is 15.1 Å². The number of hydrogen-bond donors (Lipinski definition) is 2. The van der Waals surface area contributed by atoms with E-state index in [-0.39, 0.29) is 18.4 Å². The summed E-state index contributed by atoms with van der Waals surface area (Å²) in [5.41, 5.74) is 1.56. The Bertz CT molecular complexity index is 1000. The third-order valence-electron chi connectivity index (χ3n) is 4.86. The Morgan fingerprint density at radius 3 is 2.68 bits per heavy atom. The number of carbonyl (C=O) groups is 2. The van der Waals surface area contributed by atoms with E-state index in [1.165, 1.54) is 11.3 Å². The van der Waals surface area contributed by atoms with Gasteiger partial charge in [0, 0.05) is 56.7 Å². The quantitative estimate of drug-likeness (QED) is 0.613. The molecule has 2 N–H and O–H groups in total. The van der Waals surface area contributed by atoms with Gasteiger partial charge in [-0.2, -0.15) is 0 Å². The number of thiazole rings is 1. The molecule has 1 aliphatic rings. The van der Waals surface area contributed by atoms with E-state index < -0.39 is 0 Å². The van der Waals surface area contributed by atoms with Crippen LogP contribution >= 0.6 is 11.3 Å². The lowest BCUT2D eigenvalue weighted by atomic mass is 10.2. The van der Waals surface area contributed by atoms with Crippen molar-refractivity contribution in [3.63, 3.8) is 0 Å². The molecule has 9 nitrogen and oxygen atoms in total. The molecule has 3 aromatic heterocycles. The van der Waals surface area contributed by atoms with Gasteiger partial charge in [0.1, 0.15) is 5.82 Å². The van der Waals surface area contributed by atoms with Crippen molar-refractivity contribution in [2.45, 2.75) is 13.0 Å². The van der Waals surface area contributed by atoms with E-state index in [1.54, 1.807) is 28.9 Å². The minimum absolute atomic E-state index is 0.127. The summed E-state index contributed by atoms with van der Waals surface area (Å²) >= 11 is 1.32. The largest absolute Gasteiger partial charge is 0.353 e. The average Bonchev–Trinajstić information content (AvgIpc) is 3.25. The zero-order valence-electron chi connectivity index (χ0n) is 16.9. The lowest BCUT2D eigenvalue weighted by molar-refractivity contribution is -0.120. The van der Waals surface area contributed by atoms with Crippen LogP contribution in [-0.4, -0.2) is 58.0 Å². The summed E-state index contributed by atoms with van der Waals surface area (Å²) in [6.07, 6.45) is 5.34. The third-order valence-corrected chi connectivity index (χ3v) is 5.67. The van der Waals surface area contributed by atoms with Crippen LogP contribution in [0, 0.1) is 0 Å². The maximum atomic E-state index is 12.6. The fourth-order valence-corrected chi connectivity index (χ4v) is 3.93. The van der Waals surface area contributed by atoms with E-state index >= 15 is 0 Å². The first-order valence-corrected chi connectivity index (χ1v) is 10.9. The van der Waals surface area contributed by atoms with Gasteiger partial charge in [-0.05, 0) is 23.8 Å². The number of aromatic nitrogens is 3. The highest BCUT2D eigenvalue weighted by molar-refractivity contribution is 7.13. The molecule has 160 valence electrons. The van der Waals surface area contributed by atoms with Crippen LogP contribution in [0.4, 0.5) is 15.7 Å². The van der Waals surface area contributed by atoms with Crippen molar-refractivity contribution in [1.29, 1.82) is 0 Å². The van der Waals surface area contributed by atoms with Crippen LogP contribution in [0.25, 0.3) is 0 Å². The fraction of sp³-hybridized carbons (Fsp3) is 0.286. The van der Waals surface area contributed by atoms with Crippen LogP contribution in [0.5, 0.6) is 0 Å². The molecular weight excluding hydrogens is 414 g/mol. The van der Waals surface area contributed by atoms with Crippen LogP contribution in [0.2, 0.25) is 0 Å². The first-order valence-electron chi connectivity index (χ1n) is 9.99. The van der Waals surface area contributed by atoms with E-state index in [4.69, 9.17) is 0 Å². The third kappa shape index (κ3) is 5.76. The van der Waals surface area contributed by atoms with Gasteiger partial charge in [0.05, 0.1) is 12.1 Å². The lowest BCUT2D eigenvalue weighted by Gasteiger charge is -2.35. The molecule has 0 aromatic carbocycles. The molecule has 0 bridgehead atoms. The zero-order valence-corrected chi connectivity index (χ0v) is 17.7. The molecule has 3 aromatic rings. The second-order valence-corrected chi connectivity index (χ2v) is 7.91. The van der Waals surface area contributed by atoms with Crippen molar-refractivity contribution < 1.29 is 9.59 Å². The molecule has 0 aliphatic carbocycles. The second-order valence-electron chi connectivity index (χ2n) is 7.05. The molecule has 1 aliphatic heterocycles. The van der Waals surface area contributed by atoms with Crippen LogP contribution in [0.15, 0.2) is 54.3 Å². The smallest absolute Gasteiger partial charge is 0.323 e. The Morgan fingerprint density at radius 2 is 1.94 bits per heavy atom. The van der Waals surface area contributed by atoms with E-state index in [2.05, 4.69) is 30.5 Å². The Kier molecular flexibility index (Phi) is 6.68. The SMILES string of the molecule is O=C(Cc1csc(NC(=O)N2CCN(c3ccccn3)CC2)n1)NCc1cccnc1. The molecule has 4 heterocycles. The van der Waals surface area contributed by atoms with Crippen molar-refractivity contribution in [3.05, 3.63) is 65.6 Å². The number of urea groups is 1. The summed E-state index contributed by atoms with van der Waals surface area (Å²) in [6.45, 7) is 3.09. The van der Waals surface area contributed by atoms with Gasteiger partial charge in [0.2, 0.25) is 5.91 Å². The van der Waals surface area contributed by atoms with E-state index in [0.29, 0.717) is 30.5 Å². The van der Waals surface area contributed by atoms with Crippen molar-refractivity contribution >= 4 is 34.2 Å². The summed E-state index contributed by atoms with van der Waals surface area (Å²) in [5, 5.41) is 7.97. The number of nitrogens with one attached hydrogen (secondary N) is 2. The van der Waals surface area contributed by atoms with E-state index in [9.17, 15) is 9.59 Å². The van der Waals surface area contributed by atoms with Crippen molar-refractivity contribution in [2.24, 2.45) is 0 Å².